The van der Waals surface area contributed by atoms with Crippen LogP contribution in [0.25, 0.3) is 0 Å². The van der Waals surface area contributed by atoms with Gasteiger partial charge in [0.1, 0.15) is 0 Å². The van der Waals surface area contributed by atoms with Crippen LogP contribution in [0, 0.1) is 5.92 Å². The van der Waals surface area contributed by atoms with Crippen LogP contribution < -0.4 is 10.6 Å². The highest BCUT2D eigenvalue weighted by atomic mass is 33.1. The largest absolute Gasteiger partial charge is 0.337 e. The maximum atomic E-state index is 11.6. The summed E-state index contributed by atoms with van der Waals surface area (Å²) in [6.45, 7) is 5.71. The van der Waals surface area contributed by atoms with Crippen LogP contribution in [0.15, 0.2) is 24.3 Å². The predicted octanol–water partition coefficient (Wildman–Crippen LogP) is 3.70. The molecule has 0 saturated heterocycles. The fraction of sp³-hybridized carbons (Fsp3) is 0.533. The van der Waals surface area contributed by atoms with Crippen LogP contribution in [-0.2, 0) is 13.0 Å². The van der Waals surface area contributed by atoms with Gasteiger partial charge in [0.25, 0.3) is 0 Å². The van der Waals surface area contributed by atoms with Gasteiger partial charge in [-0.1, -0.05) is 59.7 Å². The van der Waals surface area contributed by atoms with Gasteiger partial charge < -0.3 is 10.6 Å². The Labute approximate surface area is 130 Å². The molecular weight excluding hydrogens is 288 g/mol. The molecule has 112 valence electrons. The molecule has 0 aliphatic carbocycles. The molecule has 0 saturated carbocycles. The van der Waals surface area contributed by atoms with Gasteiger partial charge in [-0.15, -0.1) is 0 Å². The van der Waals surface area contributed by atoms with Crippen LogP contribution in [0.5, 0.6) is 0 Å². The first-order valence-electron chi connectivity index (χ1n) is 6.87. The van der Waals surface area contributed by atoms with Crippen LogP contribution in [0.2, 0.25) is 0 Å². The zero-order chi connectivity index (χ0) is 14.8. The number of nitrogens with one attached hydrogen (secondary N) is 2. The van der Waals surface area contributed by atoms with Crippen molar-refractivity contribution in [3.63, 3.8) is 0 Å². The summed E-state index contributed by atoms with van der Waals surface area (Å²) in [7, 11) is 3.46. The fourth-order valence-electron chi connectivity index (χ4n) is 1.80. The van der Waals surface area contributed by atoms with Crippen LogP contribution in [-0.4, -0.2) is 24.6 Å². The van der Waals surface area contributed by atoms with Gasteiger partial charge in [-0.2, -0.15) is 0 Å². The lowest BCUT2D eigenvalue weighted by molar-refractivity contribution is 0.241. The van der Waals surface area contributed by atoms with Gasteiger partial charge in [0.05, 0.1) is 0 Å². The molecule has 0 atom stereocenters. The molecule has 0 fully saturated rings. The summed E-state index contributed by atoms with van der Waals surface area (Å²) >= 11 is 0. The first-order chi connectivity index (χ1) is 9.61. The third-order valence-electron chi connectivity index (χ3n) is 2.71. The Bertz CT molecular complexity index is 393. The topological polar surface area (TPSA) is 41.1 Å². The van der Waals surface area contributed by atoms with E-state index in [1.807, 2.05) is 6.26 Å². The first-order valence-corrected chi connectivity index (χ1v) is 9.59. The lowest BCUT2D eigenvalue weighted by Gasteiger charge is -2.09. The van der Waals surface area contributed by atoms with Gasteiger partial charge in [0.2, 0.25) is 0 Å². The van der Waals surface area contributed by atoms with Gasteiger partial charge >= 0.3 is 6.03 Å². The number of carbonyl (C=O) groups excluding carboxylic acids is 1. The Morgan fingerprint density at radius 1 is 1.15 bits per heavy atom. The molecule has 1 aromatic carbocycles. The second-order valence-corrected chi connectivity index (χ2v) is 7.70. The second kappa shape index (κ2) is 10.00. The summed E-state index contributed by atoms with van der Waals surface area (Å²) in [5.41, 5.74) is 2.48. The monoisotopic (exact) mass is 312 g/mol. The lowest BCUT2D eigenvalue weighted by Crippen LogP contribution is -2.36. The molecular formula is C15H24N2OS2. The summed E-state index contributed by atoms with van der Waals surface area (Å²) in [5, 5.41) is 5.71. The quantitative estimate of drug-likeness (QED) is 0.568. The van der Waals surface area contributed by atoms with Crippen molar-refractivity contribution in [1.29, 1.82) is 0 Å². The van der Waals surface area contributed by atoms with Crippen molar-refractivity contribution >= 4 is 27.6 Å². The molecule has 0 aliphatic heterocycles. The van der Waals surface area contributed by atoms with Crippen molar-refractivity contribution in [2.75, 3.05) is 18.6 Å². The zero-order valence-electron chi connectivity index (χ0n) is 12.4. The van der Waals surface area contributed by atoms with Crippen molar-refractivity contribution < 1.29 is 4.79 Å². The highest BCUT2D eigenvalue weighted by Gasteiger charge is 2.01. The third kappa shape index (κ3) is 7.70. The molecule has 2 amide bonds. The van der Waals surface area contributed by atoms with E-state index in [0.717, 1.165) is 17.7 Å². The molecule has 3 nitrogen and oxygen atoms in total. The van der Waals surface area contributed by atoms with E-state index in [-0.39, 0.29) is 6.03 Å². The molecule has 0 aromatic heterocycles. The minimum Gasteiger partial charge on any atom is -0.337 e. The zero-order valence-corrected chi connectivity index (χ0v) is 14.1. The van der Waals surface area contributed by atoms with Gasteiger partial charge in [0.15, 0.2) is 0 Å². The molecule has 0 radical (unpaired) electrons. The summed E-state index contributed by atoms with van der Waals surface area (Å²) in [6.07, 6.45) is 3.13. The Morgan fingerprint density at radius 2 is 1.80 bits per heavy atom. The number of amides is 2. The van der Waals surface area contributed by atoms with E-state index in [9.17, 15) is 4.79 Å². The average Bonchev–Trinajstić information content (AvgIpc) is 2.42. The van der Waals surface area contributed by atoms with Crippen molar-refractivity contribution in [2.24, 2.45) is 5.92 Å². The van der Waals surface area contributed by atoms with Gasteiger partial charge in [-0.25, -0.2) is 4.79 Å². The van der Waals surface area contributed by atoms with E-state index < -0.39 is 0 Å². The predicted molar refractivity (Wildman–Crippen MR) is 91.2 cm³/mol. The van der Waals surface area contributed by atoms with E-state index in [2.05, 4.69) is 48.7 Å². The van der Waals surface area contributed by atoms with E-state index in [1.54, 1.807) is 21.6 Å². The van der Waals surface area contributed by atoms with Crippen molar-refractivity contribution in [3.05, 3.63) is 35.4 Å². The molecule has 1 rings (SSSR count). The number of urea groups is 1. The summed E-state index contributed by atoms with van der Waals surface area (Å²) < 4.78 is 0. The van der Waals surface area contributed by atoms with Crippen LogP contribution in [0.4, 0.5) is 4.79 Å². The number of carbonyl (C=O) groups is 1. The molecule has 2 N–H and O–H groups in total. The lowest BCUT2D eigenvalue weighted by atomic mass is 10.0. The fourth-order valence-corrected chi connectivity index (χ4v) is 2.90. The molecule has 20 heavy (non-hydrogen) atoms. The number of hydrogen-bond donors (Lipinski definition) is 2. The standard InChI is InChI=1S/C15H24N2OS2/c1-12(2)10-13-4-6-14(7-5-13)11-17-15(18)16-8-9-20-19-3/h4-7,12H,8-11H2,1-3H3,(H2,16,17,18). The highest BCUT2D eigenvalue weighted by molar-refractivity contribution is 8.76. The van der Waals surface area contributed by atoms with Crippen molar-refractivity contribution in [3.8, 4) is 0 Å². The van der Waals surface area contributed by atoms with E-state index in [4.69, 9.17) is 0 Å². The van der Waals surface area contributed by atoms with Crippen LogP contribution in [0.3, 0.4) is 0 Å². The Morgan fingerprint density at radius 3 is 2.40 bits per heavy atom. The summed E-state index contributed by atoms with van der Waals surface area (Å²) in [5.74, 6) is 1.60. The summed E-state index contributed by atoms with van der Waals surface area (Å²) in [6, 6.07) is 8.36. The Kier molecular flexibility index (Phi) is 8.62. The third-order valence-corrected chi connectivity index (χ3v) is 4.52. The highest BCUT2D eigenvalue weighted by Crippen LogP contribution is 2.14. The molecule has 0 bridgehead atoms. The van der Waals surface area contributed by atoms with E-state index in [1.165, 1.54) is 5.56 Å². The van der Waals surface area contributed by atoms with Gasteiger partial charge in [-0.05, 0) is 29.7 Å². The smallest absolute Gasteiger partial charge is 0.315 e. The summed E-state index contributed by atoms with van der Waals surface area (Å²) in [4.78, 5) is 11.6. The molecule has 0 heterocycles. The molecule has 0 spiro atoms. The number of rotatable bonds is 8. The molecule has 5 heteroatoms. The van der Waals surface area contributed by atoms with Crippen LogP contribution in [0.1, 0.15) is 25.0 Å². The first kappa shape index (κ1) is 17.2. The SMILES string of the molecule is CSSCCNC(=O)NCc1ccc(CC(C)C)cc1. The Hall–Kier alpha value is -0.810. The maximum absolute atomic E-state index is 11.6. The number of hydrogen-bond acceptors (Lipinski definition) is 3. The van der Waals surface area contributed by atoms with Gasteiger partial charge in [-0.3, -0.25) is 0 Å². The second-order valence-electron chi connectivity index (χ2n) is 5.01. The normalized spacial score (nSPS) is 10.6. The van der Waals surface area contributed by atoms with E-state index >= 15 is 0 Å². The Balaban J connectivity index is 2.25. The van der Waals surface area contributed by atoms with Crippen molar-refractivity contribution in [1.82, 2.24) is 10.6 Å². The van der Waals surface area contributed by atoms with E-state index in [0.29, 0.717) is 19.0 Å². The molecule has 0 unspecified atom stereocenters. The minimum atomic E-state index is -0.0991. The molecule has 1 aromatic rings. The number of benzene rings is 1. The van der Waals surface area contributed by atoms with Gasteiger partial charge in [0, 0.05) is 18.8 Å². The average molecular weight is 313 g/mol. The molecule has 0 aliphatic rings. The minimum absolute atomic E-state index is 0.0991. The van der Waals surface area contributed by atoms with Crippen LogP contribution >= 0.6 is 21.6 Å². The maximum Gasteiger partial charge on any atom is 0.315 e. The van der Waals surface area contributed by atoms with Crippen molar-refractivity contribution in [2.45, 2.75) is 26.8 Å².